The number of carbonyl (C=O) groups is 2. The fourth-order valence-corrected chi connectivity index (χ4v) is 3.41. The minimum atomic E-state index is 0.0201. The molecule has 1 aliphatic heterocycles. The highest BCUT2D eigenvalue weighted by atomic mass is 16.2. The van der Waals surface area contributed by atoms with Crippen molar-refractivity contribution in [3.05, 3.63) is 47.8 Å². The standard InChI is InChI=1S/C19H22N4O2/c24-18(13-6-7-13)21-16-5-1-3-14(11-16)19(25)23-10-2-4-15(12-23)17-8-9-20-22-17/h1,3,5,8-9,11,13,15H,2,4,6-7,10,12H2,(H,20,22)(H,21,24)/t15-/m0/s1. The smallest absolute Gasteiger partial charge is 0.253 e. The maximum absolute atomic E-state index is 12.9. The first kappa shape index (κ1) is 15.9. The molecule has 2 amide bonds. The molecule has 1 atom stereocenters. The first-order chi connectivity index (χ1) is 12.2. The van der Waals surface area contributed by atoms with Crippen molar-refractivity contribution in [1.29, 1.82) is 0 Å². The normalized spacial score (nSPS) is 20.3. The highest BCUT2D eigenvalue weighted by molar-refractivity contribution is 5.98. The van der Waals surface area contributed by atoms with Gasteiger partial charge in [0, 0.05) is 48.1 Å². The Kier molecular flexibility index (Phi) is 4.26. The molecule has 6 heteroatoms. The molecule has 0 bridgehead atoms. The maximum atomic E-state index is 12.9. The SMILES string of the molecule is O=C(Nc1cccc(C(=O)N2CCC[C@H](c3ccn[nH]3)C2)c1)C1CC1. The third-order valence-electron chi connectivity index (χ3n) is 5.00. The monoisotopic (exact) mass is 338 g/mol. The molecule has 1 aliphatic carbocycles. The number of hydrogen-bond donors (Lipinski definition) is 2. The van der Waals surface area contributed by atoms with Gasteiger partial charge in [-0.2, -0.15) is 5.10 Å². The van der Waals surface area contributed by atoms with Crippen LogP contribution in [0.3, 0.4) is 0 Å². The fourth-order valence-electron chi connectivity index (χ4n) is 3.41. The molecule has 1 aromatic heterocycles. The number of hydrogen-bond acceptors (Lipinski definition) is 3. The second kappa shape index (κ2) is 6.70. The minimum Gasteiger partial charge on any atom is -0.338 e. The van der Waals surface area contributed by atoms with Gasteiger partial charge in [0.15, 0.2) is 0 Å². The number of nitrogens with one attached hydrogen (secondary N) is 2. The van der Waals surface area contributed by atoms with Crippen LogP contribution in [0.15, 0.2) is 36.5 Å². The summed E-state index contributed by atoms with van der Waals surface area (Å²) in [6.45, 7) is 1.46. The maximum Gasteiger partial charge on any atom is 0.253 e. The molecule has 4 rings (SSSR count). The van der Waals surface area contributed by atoms with Gasteiger partial charge < -0.3 is 10.2 Å². The van der Waals surface area contributed by atoms with Crippen molar-refractivity contribution < 1.29 is 9.59 Å². The predicted molar refractivity (Wildman–Crippen MR) is 94.3 cm³/mol. The molecular formula is C19H22N4O2. The summed E-state index contributed by atoms with van der Waals surface area (Å²) in [4.78, 5) is 26.7. The number of rotatable bonds is 4. The van der Waals surface area contributed by atoms with E-state index in [1.807, 2.05) is 29.2 Å². The highest BCUT2D eigenvalue weighted by Gasteiger charge is 2.30. The van der Waals surface area contributed by atoms with Gasteiger partial charge in [-0.05, 0) is 49.9 Å². The molecule has 2 aliphatic rings. The van der Waals surface area contributed by atoms with E-state index in [-0.39, 0.29) is 17.7 Å². The topological polar surface area (TPSA) is 78.1 Å². The average molecular weight is 338 g/mol. The second-order valence-corrected chi connectivity index (χ2v) is 6.95. The molecule has 2 aromatic rings. The predicted octanol–water partition coefficient (Wildman–Crippen LogP) is 2.78. The number of likely N-dealkylation sites (tertiary alicyclic amines) is 1. The van der Waals surface area contributed by atoms with Gasteiger partial charge in [-0.25, -0.2) is 0 Å². The van der Waals surface area contributed by atoms with Crippen LogP contribution in [-0.4, -0.2) is 40.0 Å². The molecule has 130 valence electrons. The van der Waals surface area contributed by atoms with E-state index < -0.39 is 0 Å². The lowest BCUT2D eigenvalue weighted by Crippen LogP contribution is -2.39. The Bertz CT molecular complexity index is 767. The number of carbonyl (C=O) groups excluding carboxylic acids is 2. The molecular weight excluding hydrogens is 316 g/mol. The zero-order valence-corrected chi connectivity index (χ0v) is 14.1. The molecule has 0 unspecified atom stereocenters. The Morgan fingerprint density at radius 1 is 1.20 bits per heavy atom. The van der Waals surface area contributed by atoms with Crippen molar-refractivity contribution in [3.8, 4) is 0 Å². The number of H-pyrrole nitrogens is 1. The van der Waals surface area contributed by atoms with Crippen molar-refractivity contribution in [2.75, 3.05) is 18.4 Å². The number of anilines is 1. The van der Waals surface area contributed by atoms with Crippen molar-refractivity contribution >= 4 is 17.5 Å². The molecule has 6 nitrogen and oxygen atoms in total. The van der Waals surface area contributed by atoms with Crippen LogP contribution in [0.4, 0.5) is 5.69 Å². The zero-order valence-electron chi connectivity index (χ0n) is 14.1. The van der Waals surface area contributed by atoms with Crippen LogP contribution in [0.5, 0.6) is 0 Å². The van der Waals surface area contributed by atoms with Gasteiger partial charge in [-0.3, -0.25) is 14.7 Å². The Balaban J connectivity index is 1.45. The summed E-state index contributed by atoms with van der Waals surface area (Å²) in [5.41, 5.74) is 2.41. The molecule has 2 N–H and O–H groups in total. The van der Waals surface area contributed by atoms with Crippen molar-refractivity contribution in [1.82, 2.24) is 15.1 Å². The Labute approximate surface area is 146 Å². The number of aromatic nitrogens is 2. The van der Waals surface area contributed by atoms with Gasteiger partial charge in [0.05, 0.1) is 0 Å². The summed E-state index contributed by atoms with van der Waals surface area (Å²) in [5.74, 6) is 0.531. The molecule has 1 saturated heterocycles. The first-order valence-corrected chi connectivity index (χ1v) is 8.90. The Morgan fingerprint density at radius 2 is 2.08 bits per heavy atom. The Hall–Kier alpha value is -2.63. The molecule has 2 fully saturated rings. The van der Waals surface area contributed by atoms with E-state index in [0.717, 1.165) is 37.9 Å². The molecule has 0 spiro atoms. The lowest BCUT2D eigenvalue weighted by atomic mass is 9.94. The summed E-state index contributed by atoms with van der Waals surface area (Å²) in [7, 11) is 0. The number of amides is 2. The summed E-state index contributed by atoms with van der Waals surface area (Å²) in [6.07, 6.45) is 5.72. The second-order valence-electron chi connectivity index (χ2n) is 6.95. The van der Waals surface area contributed by atoms with Crippen molar-refractivity contribution in [3.63, 3.8) is 0 Å². The lowest BCUT2D eigenvalue weighted by molar-refractivity contribution is -0.117. The van der Waals surface area contributed by atoms with E-state index in [4.69, 9.17) is 0 Å². The van der Waals surface area contributed by atoms with Crippen LogP contribution < -0.4 is 5.32 Å². The van der Waals surface area contributed by atoms with Gasteiger partial charge >= 0.3 is 0 Å². The van der Waals surface area contributed by atoms with Gasteiger partial charge in [0.1, 0.15) is 0 Å². The summed E-state index contributed by atoms with van der Waals surface area (Å²) < 4.78 is 0. The molecule has 0 radical (unpaired) electrons. The molecule has 1 aromatic carbocycles. The van der Waals surface area contributed by atoms with Gasteiger partial charge in [-0.1, -0.05) is 6.07 Å². The van der Waals surface area contributed by atoms with E-state index in [9.17, 15) is 9.59 Å². The average Bonchev–Trinajstić information content (AvgIpc) is 3.36. The first-order valence-electron chi connectivity index (χ1n) is 8.90. The quantitative estimate of drug-likeness (QED) is 0.900. The van der Waals surface area contributed by atoms with E-state index in [1.165, 1.54) is 0 Å². The molecule has 1 saturated carbocycles. The van der Waals surface area contributed by atoms with E-state index in [2.05, 4.69) is 15.5 Å². The highest BCUT2D eigenvalue weighted by Crippen LogP contribution is 2.30. The van der Waals surface area contributed by atoms with E-state index >= 15 is 0 Å². The van der Waals surface area contributed by atoms with Gasteiger partial charge in [0.2, 0.25) is 5.91 Å². The minimum absolute atomic E-state index is 0.0201. The summed E-state index contributed by atoms with van der Waals surface area (Å²) >= 11 is 0. The van der Waals surface area contributed by atoms with Crippen LogP contribution in [0.1, 0.15) is 47.7 Å². The molecule has 25 heavy (non-hydrogen) atoms. The number of nitrogens with zero attached hydrogens (tertiary/aromatic N) is 2. The third-order valence-corrected chi connectivity index (χ3v) is 5.00. The number of piperidine rings is 1. The van der Waals surface area contributed by atoms with Crippen molar-refractivity contribution in [2.45, 2.75) is 31.6 Å². The van der Waals surface area contributed by atoms with Gasteiger partial charge in [-0.15, -0.1) is 0 Å². The Morgan fingerprint density at radius 3 is 2.84 bits per heavy atom. The van der Waals surface area contributed by atoms with Crippen LogP contribution in [-0.2, 0) is 4.79 Å². The van der Waals surface area contributed by atoms with E-state index in [1.54, 1.807) is 12.3 Å². The molecule has 2 heterocycles. The fraction of sp³-hybridized carbons (Fsp3) is 0.421. The largest absolute Gasteiger partial charge is 0.338 e. The lowest BCUT2D eigenvalue weighted by Gasteiger charge is -2.32. The van der Waals surface area contributed by atoms with E-state index in [0.29, 0.717) is 23.7 Å². The third kappa shape index (κ3) is 3.57. The summed E-state index contributed by atoms with van der Waals surface area (Å²) in [6, 6.07) is 9.23. The van der Waals surface area contributed by atoms with Crippen LogP contribution in [0.25, 0.3) is 0 Å². The zero-order chi connectivity index (χ0) is 17.2. The van der Waals surface area contributed by atoms with Crippen LogP contribution in [0, 0.1) is 5.92 Å². The number of benzene rings is 1. The summed E-state index contributed by atoms with van der Waals surface area (Å²) in [5, 5.41) is 9.94. The number of aromatic amines is 1. The van der Waals surface area contributed by atoms with Crippen molar-refractivity contribution in [2.24, 2.45) is 5.92 Å². The van der Waals surface area contributed by atoms with Crippen LogP contribution in [0.2, 0.25) is 0 Å². The van der Waals surface area contributed by atoms with Gasteiger partial charge in [0.25, 0.3) is 5.91 Å². The van der Waals surface area contributed by atoms with Crippen LogP contribution >= 0.6 is 0 Å².